The summed E-state index contributed by atoms with van der Waals surface area (Å²) in [5.41, 5.74) is 2.73. The molecule has 0 saturated heterocycles. The highest BCUT2D eigenvalue weighted by Crippen LogP contribution is 2.31. The molecule has 4 heteroatoms. The molecule has 1 aromatic carbocycles. The first-order valence-electron chi connectivity index (χ1n) is 5.30. The second kappa shape index (κ2) is 5.01. The molecule has 2 rings (SSSR count). The van der Waals surface area contributed by atoms with Gasteiger partial charge in [0.05, 0.1) is 6.04 Å². The van der Waals surface area contributed by atoms with Crippen LogP contribution in [0.2, 0.25) is 0 Å². The standard InChI is InChI=1S/C12H16N2O2/c1-2-5-9(14-13)12-8-15-10-6-3-4-7-11(10)16-12/h2-4,6-7,9,12,14H,1,5,8,13H2. The van der Waals surface area contributed by atoms with E-state index in [9.17, 15) is 0 Å². The van der Waals surface area contributed by atoms with Gasteiger partial charge in [-0.2, -0.15) is 0 Å². The van der Waals surface area contributed by atoms with E-state index in [-0.39, 0.29) is 12.1 Å². The number of hydrogen-bond donors (Lipinski definition) is 2. The van der Waals surface area contributed by atoms with E-state index in [2.05, 4.69) is 12.0 Å². The molecular formula is C12H16N2O2. The summed E-state index contributed by atoms with van der Waals surface area (Å²) < 4.78 is 11.4. The molecule has 16 heavy (non-hydrogen) atoms. The van der Waals surface area contributed by atoms with Crippen LogP contribution >= 0.6 is 0 Å². The summed E-state index contributed by atoms with van der Waals surface area (Å²) in [5, 5.41) is 0. The predicted octanol–water partition coefficient (Wildman–Crippen LogP) is 1.23. The van der Waals surface area contributed by atoms with E-state index >= 15 is 0 Å². The molecule has 0 aliphatic carbocycles. The topological polar surface area (TPSA) is 56.5 Å². The minimum absolute atomic E-state index is 0.0193. The number of rotatable bonds is 4. The summed E-state index contributed by atoms with van der Waals surface area (Å²) in [5.74, 6) is 7.03. The summed E-state index contributed by atoms with van der Waals surface area (Å²) in [6.45, 7) is 4.20. The van der Waals surface area contributed by atoms with Crippen LogP contribution in [0.25, 0.3) is 0 Å². The normalized spacial score (nSPS) is 20.2. The number of fused-ring (bicyclic) bond motifs is 1. The van der Waals surface area contributed by atoms with Crippen LogP contribution in [0.1, 0.15) is 6.42 Å². The SMILES string of the molecule is C=CCC(NN)C1COc2ccccc2O1. The molecule has 0 saturated carbocycles. The number of nitrogens with two attached hydrogens (primary N) is 1. The van der Waals surface area contributed by atoms with E-state index in [1.807, 2.05) is 30.3 Å². The van der Waals surface area contributed by atoms with Crippen molar-refractivity contribution in [1.29, 1.82) is 0 Å². The number of nitrogens with one attached hydrogen (secondary N) is 1. The third kappa shape index (κ3) is 2.18. The van der Waals surface area contributed by atoms with Crippen LogP contribution in [0.15, 0.2) is 36.9 Å². The van der Waals surface area contributed by atoms with Gasteiger partial charge >= 0.3 is 0 Å². The molecule has 0 fully saturated rings. The Morgan fingerprint density at radius 1 is 1.50 bits per heavy atom. The van der Waals surface area contributed by atoms with Gasteiger partial charge in [0, 0.05) is 0 Å². The van der Waals surface area contributed by atoms with Gasteiger partial charge in [-0.15, -0.1) is 6.58 Å². The van der Waals surface area contributed by atoms with E-state index in [0.717, 1.165) is 17.9 Å². The second-order valence-electron chi connectivity index (χ2n) is 3.71. The average molecular weight is 220 g/mol. The van der Waals surface area contributed by atoms with Gasteiger partial charge in [0.1, 0.15) is 12.7 Å². The Hall–Kier alpha value is -1.52. The van der Waals surface area contributed by atoms with Crippen LogP contribution in [0.3, 0.4) is 0 Å². The summed E-state index contributed by atoms with van der Waals surface area (Å²) in [4.78, 5) is 0. The second-order valence-corrected chi connectivity index (χ2v) is 3.71. The van der Waals surface area contributed by atoms with Crippen LogP contribution in [0.4, 0.5) is 0 Å². The number of hydrazine groups is 1. The summed E-state index contributed by atoms with van der Waals surface area (Å²) in [6.07, 6.45) is 2.47. The van der Waals surface area contributed by atoms with E-state index in [1.54, 1.807) is 0 Å². The smallest absolute Gasteiger partial charge is 0.161 e. The number of hydrogen-bond acceptors (Lipinski definition) is 4. The summed E-state index contributed by atoms with van der Waals surface area (Å²) in [6, 6.07) is 7.65. The molecule has 0 spiro atoms. The van der Waals surface area contributed by atoms with Gasteiger partial charge in [0.2, 0.25) is 0 Å². The van der Waals surface area contributed by atoms with Crippen molar-refractivity contribution in [2.24, 2.45) is 5.84 Å². The van der Waals surface area contributed by atoms with E-state index in [1.165, 1.54) is 0 Å². The third-order valence-corrected chi connectivity index (χ3v) is 2.61. The fraction of sp³-hybridized carbons (Fsp3) is 0.333. The van der Waals surface area contributed by atoms with Crippen molar-refractivity contribution in [1.82, 2.24) is 5.43 Å². The number of ether oxygens (including phenoxy) is 2. The van der Waals surface area contributed by atoms with Gasteiger partial charge in [-0.25, -0.2) is 0 Å². The first kappa shape index (κ1) is 11.0. The highest BCUT2D eigenvalue weighted by Gasteiger charge is 2.27. The average Bonchev–Trinajstić information content (AvgIpc) is 2.35. The molecule has 4 nitrogen and oxygen atoms in total. The molecule has 3 N–H and O–H groups in total. The van der Waals surface area contributed by atoms with E-state index in [4.69, 9.17) is 15.3 Å². The van der Waals surface area contributed by atoms with Gasteiger partial charge < -0.3 is 9.47 Å². The van der Waals surface area contributed by atoms with Crippen molar-refractivity contribution in [3.05, 3.63) is 36.9 Å². The Kier molecular flexibility index (Phi) is 3.44. The van der Waals surface area contributed by atoms with Crippen molar-refractivity contribution in [3.8, 4) is 11.5 Å². The molecular weight excluding hydrogens is 204 g/mol. The third-order valence-electron chi connectivity index (χ3n) is 2.61. The maximum Gasteiger partial charge on any atom is 0.161 e. The van der Waals surface area contributed by atoms with Gasteiger partial charge in [-0.3, -0.25) is 11.3 Å². The Balaban J connectivity index is 2.09. The molecule has 2 unspecified atom stereocenters. The molecule has 0 bridgehead atoms. The van der Waals surface area contributed by atoms with Crippen LogP contribution in [-0.2, 0) is 0 Å². The zero-order valence-electron chi connectivity index (χ0n) is 9.06. The minimum Gasteiger partial charge on any atom is -0.486 e. The Bertz CT molecular complexity index is 368. The largest absolute Gasteiger partial charge is 0.486 e. The molecule has 0 aromatic heterocycles. The lowest BCUT2D eigenvalue weighted by Gasteiger charge is -2.31. The maximum atomic E-state index is 5.82. The van der Waals surface area contributed by atoms with Gasteiger partial charge in [0.15, 0.2) is 11.5 Å². The molecule has 0 radical (unpaired) electrons. The lowest BCUT2D eigenvalue weighted by Crippen LogP contribution is -2.50. The highest BCUT2D eigenvalue weighted by molar-refractivity contribution is 5.40. The van der Waals surface area contributed by atoms with Gasteiger partial charge in [0.25, 0.3) is 0 Å². The van der Waals surface area contributed by atoms with Crippen LogP contribution in [-0.4, -0.2) is 18.8 Å². The van der Waals surface area contributed by atoms with E-state index in [0.29, 0.717) is 6.61 Å². The predicted molar refractivity (Wildman–Crippen MR) is 62.3 cm³/mol. The Labute approximate surface area is 95.0 Å². The van der Waals surface area contributed by atoms with Crippen molar-refractivity contribution < 1.29 is 9.47 Å². The van der Waals surface area contributed by atoms with Gasteiger partial charge in [-0.05, 0) is 18.6 Å². The summed E-state index contributed by atoms with van der Waals surface area (Å²) in [7, 11) is 0. The Morgan fingerprint density at radius 3 is 2.94 bits per heavy atom. The lowest BCUT2D eigenvalue weighted by molar-refractivity contribution is 0.0627. The number of benzene rings is 1. The fourth-order valence-electron chi connectivity index (χ4n) is 1.74. The zero-order valence-corrected chi connectivity index (χ0v) is 9.06. The first-order valence-corrected chi connectivity index (χ1v) is 5.30. The quantitative estimate of drug-likeness (QED) is 0.455. The molecule has 86 valence electrons. The van der Waals surface area contributed by atoms with Crippen LogP contribution < -0.4 is 20.7 Å². The molecule has 2 atom stereocenters. The maximum absolute atomic E-state index is 5.82. The van der Waals surface area contributed by atoms with E-state index < -0.39 is 0 Å². The number of para-hydroxylation sites is 2. The zero-order chi connectivity index (χ0) is 11.4. The molecule has 1 aliphatic rings. The van der Waals surface area contributed by atoms with Crippen LogP contribution in [0, 0.1) is 0 Å². The summed E-state index contributed by atoms with van der Waals surface area (Å²) >= 11 is 0. The minimum atomic E-state index is -0.0853. The molecule has 1 aromatic rings. The van der Waals surface area contributed by atoms with Gasteiger partial charge in [-0.1, -0.05) is 18.2 Å². The fourth-order valence-corrected chi connectivity index (χ4v) is 1.74. The molecule has 1 aliphatic heterocycles. The van der Waals surface area contributed by atoms with Crippen molar-refractivity contribution in [3.63, 3.8) is 0 Å². The van der Waals surface area contributed by atoms with Crippen LogP contribution in [0.5, 0.6) is 11.5 Å². The van der Waals surface area contributed by atoms with Crippen molar-refractivity contribution >= 4 is 0 Å². The lowest BCUT2D eigenvalue weighted by atomic mass is 10.1. The monoisotopic (exact) mass is 220 g/mol. The molecule has 1 heterocycles. The molecule has 0 amide bonds. The van der Waals surface area contributed by atoms with Crippen molar-refractivity contribution in [2.75, 3.05) is 6.61 Å². The highest BCUT2D eigenvalue weighted by atomic mass is 16.6. The first-order chi connectivity index (χ1) is 7.85. The van der Waals surface area contributed by atoms with Crippen molar-refractivity contribution in [2.45, 2.75) is 18.6 Å². The Morgan fingerprint density at radius 2 is 2.25 bits per heavy atom.